The molecule has 1 aliphatic rings. The van der Waals surface area contributed by atoms with Crippen molar-refractivity contribution < 1.29 is 14.3 Å². The van der Waals surface area contributed by atoms with Gasteiger partial charge in [0.25, 0.3) is 11.8 Å². The number of hydrogen-bond acceptors (Lipinski definition) is 3. The van der Waals surface area contributed by atoms with Gasteiger partial charge in [-0.25, -0.2) is 0 Å². The summed E-state index contributed by atoms with van der Waals surface area (Å²) in [5.41, 5.74) is 0.480. The number of carbonyl (C=O) groups excluding carboxylic acids is 2. The number of benzene rings is 1. The van der Waals surface area contributed by atoms with Crippen molar-refractivity contribution in [2.24, 2.45) is 0 Å². The van der Waals surface area contributed by atoms with Gasteiger partial charge in [-0.1, -0.05) is 18.2 Å². The van der Waals surface area contributed by atoms with Crippen LogP contribution in [0.3, 0.4) is 0 Å². The highest BCUT2D eigenvalue weighted by Gasteiger charge is 2.25. The lowest BCUT2D eigenvalue weighted by molar-refractivity contribution is -0.128. The minimum Gasteiger partial charge on any atom is -0.368 e. The van der Waals surface area contributed by atoms with Crippen molar-refractivity contribution in [3.05, 3.63) is 35.9 Å². The van der Waals surface area contributed by atoms with Gasteiger partial charge in [-0.05, 0) is 25.0 Å². The molecular weight excluding hydrogens is 206 g/mol. The second-order valence-corrected chi connectivity index (χ2v) is 3.69. The molecule has 1 atom stereocenters. The predicted molar refractivity (Wildman–Crippen MR) is 57.9 cm³/mol. The third-order valence-electron chi connectivity index (χ3n) is 2.49. The van der Waals surface area contributed by atoms with Crippen LogP contribution in [-0.2, 0) is 9.53 Å². The first-order valence-corrected chi connectivity index (χ1v) is 5.29. The molecule has 0 radical (unpaired) electrons. The Labute approximate surface area is 93.6 Å². The molecule has 1 fully saturated rings. The first-order chi connectivity index (χ1) is 7.77. The number of carbonyl (C=O) groups is 2. The van der Waals surface area contributed by atoms with Crippen molar-refractivity contribution in [3.8, 4) is 0 Å². The lowest BCUT2D eigenvalue weighted by atomic mass is 10.2. The van der Waals surface area contributed by atoms with E-state index in [2.05, 4.69) is 5.32 Å². The predicted octanol–water partition coefficient (Wildman–Crippen LogP) is 1.12. The van der Waals surface area contributed by atoms with Gasteiger partial charge < -0.3 is 4.74 Å². The van der Waals surface area contributed by atoms with Crippen molar-refractivity contribution >= 4 is 11.8 Å². The summed E-state index contributed by atoms with van der Waals surface area (Å²) < 4.78 is 5.19. The molecule has 16 heavy (non-hydrogen) atoms. The highest BCUT2D eigenvalue weighted by atomic mass is 16.5. The Hall–Kier alpha value is -1.68. The molecule has 1 saturated heterocycles. The third kappa shape index (κ3) is 2.46. The summed E-state index contributed by atoms with van der Waals surface area (Å²) in [5, 5.41) is 2.34. The van der Waals surface area contributed by atoms with Gasteiger partial charge in [-0.2, -0.15) is 0 Å². The second-order valence-electron chi connectivity index (χ2n) is 3.69. The number of imide groups is 1. The Morgan fingerprint density at radius 3 is 2.62 bits per heavy atom. The van der Waals surface area contributed by atoms with Crippen LogP contribution in [0.25, 0.3) is 0 Å². The standard InChI is InChI=1S/C12H13NO3/c14-11(9-5-2-1-3-6-9)13-12(15)10-7-4-8-16-10/h1-3,5-6,10H,4,7-8H2,(H,13,14,15). The summed E-state index contributed by atoms with van der Waals surface area (Å²) in [5.74, 6) is -0.715. The van der Waals surface area contributed by atoms with Gasteiger partial charge in [0.15, 0.2) is 0 Å². The van der Waals surface area contributed by atoms with Crippen molar-refractivity contribution in [1.29, 1.82) is 0 Å². The summed E-state index contributed by atoms with van der Waals surface area (Å²) in [6.07, 6.45) is 1.10. The minimum absolute atomic E-state index is 0.341. The molecule has 1 aromatic rings. The van der Waals surface area contributed by atoms with Crippen LogP contribution >= 0.6 is 0 Å². The molecule has 0 aromatic heterocycles. The van der Waals surface area contributed by atoms with Crippen LogP contribution in [0.15, 0.2) is 30.3 Å². The van der Waals surface area contributed by atoms with E-state index < -0.39 is 6.10 Å². The monoisotopic (exact) mass is 219 g/mol. The van der Waals surface area contributed by atoms with Crippen molar-refractivity contribution in [3.63, 3.8) is 0 Å². The van der Waals surface area contributed by atoms with E-state index in [4.69, 9.17) is 4.74 Å². The zero-order chi connectivity index (χ0) is 11.4. The molecule has 4 nitrogen and oxygen atoms in total. The summed E-state index contributed by atoms with van der Waals surface area (Å²) in [6, 6.07) is 8.66. The highest BCUT2D eigenvalue weighted by molar-refractivity contribution is 6.05. The zero-order valence-corrected chi connectivity index (χ0v) is 8.81. The van der Waals surface area contributed by atoms with Crippen LogP contribution in [0.2, 0.25) is 0 Å². The van der Waals surface area contributed by atoms with Gasteiger partial charge >= 0.3 is 0 Å². The first-order valence-electron chi connectivity index (χ1n) is 5.29. The molecule has 4 heteroatoms. The number of amides is 2. The second kappa shape index (κ2) is 4.90. The molecule has 0 bridgehead atoms. The van der Waals surface area contributed by atoms with E-state index >= 15 is 0 Å². The molecule has 1 unspecified atom stereocenters. The summed E-state index contributed by atoms with van der Waals surface area (Å²) >= 11 is 0. The summed E-state index contributed by atoms with van der Waals surface area (Å²) in [7, 11) is 0. The Morgan fingerprint density at radius 1 is 1.25 bits per heavy atom. The van der Waals surface area contributed by atoms with Crippen LogP contribution in [0.4, 0.5) is 0 Å². The largest absolute Gasteiger partial charge is 0.368 e. The van der Waals surface area contributed by atoms with Crippen molar-refractivity contribution in [1.82, 2.24) is 5.32 Å². The molecule has 84 valence electrons. The zero-order valence-electron chi connectivity index (χ0n) is 8.81. The van der Waals surface area contributed by atoms with Gasteiger partial charge in [-0.15, -0.1) is 0 Å². The normalized spacial score (nSPS) is 19.4. The van der Waals surface area contributed by atoms with Crippen LogP contribution in [-0.4, -0.2) is 24.5 Å². The van der Waals surface area contributed by atoms with E-state index in [1.165, 1.54) is 0 Å². The van der Waals surface area contributed by atoms with Crippen LogP contribution < -0.4 is 5.32 Å². The van der Waals surface area contributed by atoms with E-state index in [1.54, 1.807) is 24.3 Å². The smallest absolute Gasteiger partial charge is 0.257 e. The Balaban J connectivity index is 1.94. The molecule has 1 heterocycles. The van der Waals surface area contributed by atoms with Gasteiger partial charge in [0.2, 0.25) is 0 Å². The van der Waals surface area contributed by atoms with Gasteiger partial charge in [0.1, 0.15) is 6.10 Å². The molecule has 2 amide bonds. The van der Waals surface area contributed by atoms with Crippen LogP contribution in [0.1, 0.15) is 23.2 Å². The first kappa shape index (κ1) is 10.8. The van der Waals surface area contributed by atoms with E-state index in [-0.39, 0.29) is 11.8 Å². The summed E-state index contributed by atoms with van der Waals surface area (Å²) in [4.78, 5) is 23.2. The Morgan fingerprint density at radius 2 is 2.00 bits per heavy atom. The SMILES string of the molecule is O=C(NC(=O)C1CCCO1)c1ccccc1. The van der Waals surface area contributed by atoms with Crippen molar-refractivity contribution in [2.75, 3.05) is 6.61 Å². The Kier molecular flexibility index (Phi) is 3.31. The molecular formula is C12H13NO3. The topological polar surface area (TPSA) is 55.4 Å². The maximum absolute atomic E-state index is 11.6. The fourth-order valence-electron chi connectivity index (χ4n) is 1.64. The molecule has 1 N–H and O–H groups in total. The van der Waals surface area contributed by atoms with Crippen LogP contribution in [0, 0.1) is 0 Å². The van der Waals surface area contributed by atoms with E-state index in [1.807, 2.05) is 6.07 Å². The van der Waals surface area contributed by atoms with E-state index in [9.17, 15) is 9.59 Å². The average molecular weight is 219 g/mol. The highest BCUT2D eigenvalue weighted by Crippen LogP contribution is 2.11. The molecule has 0 saturated carbocycles. The van der Waals surface area contributed by atoms with Gasteiger partial charge in [0, 0.05) is 12.2 Å². The van der Waals surface area contributed by atoms with Crippen LogP contribution in [0.5, 0.6) is 0 Å². The maximum atomic E-state index is 11.6. The molecule has 2 rings (SSSR count). The fourth-order valence-corrected chi connectivity index (χ4v) is 1.64. The lowest BCUT2D eigenvalue weighted by Gasteiger charge is -2.08. The maximum Gasteiger partial charge on any atom is 0.257 e. The molecule has 1 aliphatic heterocycles. The molecule has 0 aliphatic carbocycles. The quantitative estimate of drug-likeness (QED) is 0.758. The fraction of sp³-hybridized carbons (Fsp3) is 0.333. The lowest BCUT2D eigenvalue weighted by Crippen LogP contribution is -2.38. The third-order valence-corrected chi connectivity index (χ3v) is 2.49. The number of nitrogens with one attached hydrogen (secondary N) is 1. The van der Waals surface area contributed by atoms with Gasteiger partial charge in [0.05, 0.1) is 0 Å². The molecule has 0 spiro atoms. The number of ether oxygens (including phenoxy) is 1. The summed E-state index contributed by atoms with van der Waals surface area (Å²) in [6.45, 7) is 0.595. The number of hydrogen-bond donors (Lipinski definition) is 1. The minimum atomic E-state index is -0.465. The van der Waals surface area contributed by atoms with E-state index in [0.717, 1.165) is 6.42 Å². The average Bonchev–Trinajstić information content (AvgIpc) is 2.83. The van der Waals surface area contributed by atoms with E-state index in [0.29, 0.717) is 18.6 Å². The Bertz CT molecular complexity index is 383. The molecule has 1 aromatic carbocycles. The number of rotatable bonds is 2. The van der Waals surface area contributed by atoms with Crippen molar-refractivity contribution in [2.45, 2.75) is 18.9 Å². The van der Waals surface area contributed by atoms with Gasteiger partial charge in [-0.3, -0.25) is 14.9 Å².